The minimum atomic E-state index is 0.359. The van der Waals surface area contributed by atoms with Gasteiger partial charge in [-0.25, -0.2) is 0 Å². The maximum absolute atomic E-state index is 5.75. The summed E-state index contributed by atoms with van der Waals surface area (Å²) in [4.78, 5) is 0. The van der Waals surface area contributed by atoms with E-state index in [4.69, 9.17) is 4.74 Å². The van der Waals surface area contributed by atoms with Crippen LogP contribution in [-0.4, -0.2) is 28.5 Å². The van der Waals surface area contributed by atoms with E-state index in [0.717, 1.165) is 18.7 Å². The van der Waals surface area contributed by atoms with Gasteiger partial charge in [-0.05, 0) is 33.6 Å². The Balaban J connectivity index is 1.80. The Morgan fingerprint density at radius 3 is 2.94 bits per heavy atom. The summed E-state index contributed by atoms with van der Waals surface area (Å²) in [7, 11) is 0. The lowest BCUT2D eigenvalue weighted by Crippen LogP contribution is -2.19. The van der Waals surface area contributed by atoms with E-state index in [-0.39, 0.29) is 0 Å². The Labute approximate surface area is 97.0 Å². The van der Waals surface area contributed by atoms with E-state index in [0.29, 0.717) is 18.2 Å². The van der Waals surface area contributed by atoms with Gasteiger partial charge in [0.15, 0.2) is 0 Å². The summed E-state index contributed by atoms with van der Waals surface area (Å²) in [6.07, 6.45) is 7.04. The first kappa shape index (κ1) is 11.5. The highest BCUT2D eigenvalue weighted by Gasteiger charge is 2.21. The van der Waals surface area contributed by atoms with Crippen LogP contribution in [0.3, 0.4) is 0 Å². The van der Waals surface area contributed by atoms with Gasteiger partial charge < -0.3 is 10.1 Å². The number of hydrogen-bond donors (Lipinski definition) is 1. The van der Waals surface area contributed by atoms with Gasteiger partial charge >= 0.3 is 0 Å². The molecule has 1 aliphatic rings. The minimum absolute atomic E-state index is 0.359. The number of rotatable bonds is 4. The minimum Gasteiger partial charge on any atom is -0.380 e. The van der Waals surface area contributed by atoms with Crippen LogP contribution in [-0.2, 0) is 4.74 Å². The zero-order valence-electron chi connectivity index (χ0n) is 10.3. The number of nitrogens with one attached hydrogen (secondary N) is 1. The van der Waals surface area contributed by atoms with Gasteiger partial charge in [-0.2, -0.15) is 5.10 Å². The molecule has 1 fully saturated rings. The quantitative estimate of drug-likeness (QED) is 0.852. The van der Waals surface area contributed by atoms with E-state index in [1.54, 1.807) is 0 Å². The highest BCUT2D eigenvalue weighted by atomic mass is 16.5. The monoisotopic (exact) mass is 223 g/mol. The molecule has 90 valence electrons. The summed E-state index contributed by atoms with van der Waals surface area (Å²) < 4.78 is 7.71. The van der Waals surface area contributed by atoms with Crippen molar-refractivity contribution in [3.63, 3.8) is 0 Å². The fourth-order valence-electron chi connectivity index (χ4n) is 1.98. The van der Waals surface area contributed by atoms with Crippen LogP contribution in [0, 0.1) is 0 Å². The van der Waals surface area contributed by atoms with Crippen LogP contribution in [0.2, 0.25) is 0 Å². The zero-order chi connectivity index (χ0) is 11.5. The van der Waals surface area contributed by atoms with Crippen molar-refractivity contribution in [1.82, 2.24) is 9.78 Å². The second-order valence-corrected chi connectivity index (χ2v) is 4.83. The molecule has 2 atom stereocenters. The standard InChI is InChI=1S/C12H21N3O/c1-9(2)15-8-11(6-14-15)13-7-12-5-4-10(3)16-12/h6,8-10,12-13H,4-5,7H2,1-3H3. The Morgan fingerprint density at radius 1 is 1.56 bits per heavy atom. The molecule has 0 radical (unpaired) electrons. The van der Waals surface area contributed by atoms with Crippen molar-refractivity contribution >= 4 is 5.69 Å². The van der Waals surface area contributed by atoms with E-state index in [1.807, 2.05) is 17.1 Å². The van der Waals surface area contributed by atoms with E-state index in [2.05, 4.69) is 31.2 Å². The molecular weight excluding hydrogens is 202 g/mol. The van der Waals surface area contributed by atoms with Crippen LogP contribution in [0.4, 0.5) is 5.69 Å². The summed E-state index contributed by atoms with van der Waals surface area (Å²) in [6, 6.07) is 0.415. The fraction of sp³-hybridized carbons (Fsp3) is 0.750. The topological polar surface area (TPSA) is 39.1 Å². The second-order valence-electron chi connectivity index (χ2n) is 4.83. The average molecular weight is 223 g/mol. The van der Waals surface area contributed by atoms with Gasteiger partial charge in [0, 0.05) is 18.8 Å². The van der Waals surface area contributed by atoms with Crippen LogP contribution in [0.5, 0.6) is 0 Å². The number of nitrogens with zero attached hydrogens (tertiary/aromatic N) is 2. The first-order chi connectivity index (χ1) is 7.65. The lowest BCUT2D eigenvalue weighted by Gasteiger charge is -2.11. The molecule has 1 aromatic heterocycles. The van der Waals surface area contributed by atoms with Crippen LogP contribution >= 0.6 is 0 Å². The normalized spacial score (nSPS) is 25.2. The number of anilines is 1. The molecule has 4 nitrogen and oxygen atoms in total. The van der Waals surface area contributed by atoms with Crippen molar-refractivity contribution in [1.29, 1.82) is 0 Å². The fourth-order valence-corrected chi connectivity index (χ4v) is 1.98. The lowest BCUT2D eigenvalue weighted by atomic mass is 10.2. The molecule has 0 spiro atoms. The van der Waals surface area contributed by atoms with Crippen LogP contribution in [0.15, 0.2) is 12.4 Å². The molecular formula is C12H21N3O. The van der Waals surface area contributed by atoms with Gasteiger partial charge in [0.1, 0.15) is 0 Å². The summed E-state index contributed by atoms with van der Waals surface area (Å²) in [5.74, 6) is 0. The summed E-state index contributed by atoms with van der Waals surface area (Å²) >= 11 is 0. The van der Waals surface area contributed by atoms with Gasteiger partial charge in [-0.3, -0.25) is 4.68 Å². The molecule has 2 unspecified atom stereocenters. The third kappa shape index (κ3) is 2.76. The molecule has 1 saturated heterocycles. The van der Waals surface area contributed by atoms with Crippen molar-refractivity contribution < 1.29 is 4.74 Å². The zero-order valence-corrected chi connectivity index (χ0v) is 10.3. The maximum Gasteiger partial charge on any atom is 0.0751 e. The summed E-state index contributed by atoms with van der Waals surface area (Å²) in [5.41, 5.74) is 1.08. The first-order valence-corrected chi connectivity index (χ1v) is 6.08. The third-order valence-corrected chi connectivity index (χ3v) is 2.98. The molecule has 0 saturated carbocycles. The van der Waals surface area contributed by atoms with E-state index in [1.165, 1.54) is 6.42 Å². The number of ether oxygens (including phenoxy) is 1. The van der Waals surface area contributed by atoms with Gasteiger partial charge in [-0.1, -0.05) is 0 Å². The highest BCUT2D eigenvalue weighted by molar-refractivity contribution is 5.38. The molecule has 16 heavy (non-hydrogen) atoms. The number of hydrogen-bond acceptors (Lipinski definition) is 3. The second kappa shape index (κ2) is 4.87. The van der Waals surface area contributed by atoms with Gasteiger partial charge in [0.25, 0.3) is 0 Å². The SMILES string of the molecule is CC1CCC(CNc2cnn(C(C)C)c2)O1. The number of aromatic nitrogens is 2. The van der Waals surface area contributed by atoms with E-state index >= 15 is 0 Å². The van der Waals surface area contributed by atoms with Gasteiger partial charge in [0.05, 0.1) is 24.1 Å². The molecule has 0 aromatic carbocycles. The smallest absolute Gasteiger partial charge is 0.0751 e. The van der Waals surface area contributed by atoms with Crippen LogP contribution in [0.25, 0.3) is 0 Å². The molecule has 0 amide bonds. The third-order valence-electron chi connectivity index (χ3n) is 2.98. The van der Waals surface area contributed by atoms with Crippen molar-refractivity contribution in [3.8, 4) is 0 Å². The van der Waals surface area contributed by atoms with Crippen molar-refractivity contribution in [2.75, 3.05) is 11.9 Å². The molecule has 4 heteroatoms. The summed E-state index contributed by atoms with van der Waals surface area (Å²) in [5, 5.41) is 7.66. The summed E-state index contributed by atoms with van der Waals surface area (Å²) in [6.45, 7) is 7.27. The average Bonchev–Trinajstić information content (AvgIpc) is 2.83. The van der Waals surface area contributed by atoms with Crippen molar-refractivity contribution in [3.05, 3.63) is 12.4 Å². The largest absolute Gasteiger partial charge is 0.380 e. The van der Waals surface area contributed by atoms with E-state index in [9.17, 15) is 0 Å². The van der Waals surface area contributed by atoms with Gasteiger partial charge in [-0.15, -0.1) is 0 Å². The highest BCUT2D eigenvalue weighted by Crippen LogP contribution is 2.19. The van der Waals surface area contributed by atoms with Crippen LogP contribution in [0.1, 0.15) is 39.7 Å². The first-order valence-electron chi connectivity index (χ1n) is 6.08. The van der Waals surface area contributed by atoms with Gasteiger partial charge in [0.2, 0.25) is 0 Å². The maximum atomic E-state index is 5.75. The molecule has 1 aliphatic heterocycles. The molecule has 0 bridgehead atoms. The van der Waals surface area contributed by atoms with Crippen molar-refractivity contribution in [2.24, 2.45) is 0 Å². The predicted octanol–water partition coefficient (Wildman–Crippen LogP) is 2.44. The Kier molecular flexibility index (Phi) is 3.49. The Morgan fingerprint density at radius 2 is 2.38 bits per heavy atom. The molecule has 0 aliphatic carbocycles. The Bertz CT molecular complexity index is 335. The molecule has 1 N–H and O–H groups in total. The Hall–Kier alpha value is -1.03. The van der Waals surface area contributed by atoms with Crippen LogP contribution < -0.4 is 5.32 Å². The molecule has 2 rings (SSSR count). The molecule has 2 heterocycles. The van der Waals surface area contributed by atoms with E-state index < -0.39 is 0 Å². The lowest BCUT2D eigenvalue weighted by molar-refractivity contribution is 0.0637. The predicted molar refractivity (Wildman–Crippen MR) is 64.7 cm³/mol. The molecule has 1 aromatic rings. The van der Waals surface area contributed by atoms with Crippen molar-refractivity contribution in [2.45, 2.75) is 51.9 Å².